The fourth-order valence-electron chi connectivity index (χ4n) is 1.94. The summed E-state index contributed by atoms with van der Waals surface area (Å²) >= 11 is 6.18. The molecule has 7 heteroatoms. The van der Waals surface area contributed by atoms with E-state index in [2.05, 4.69) is 5.10 Å². The Labute approximate surface area is 131 Å². The van der Waals surface area contributed by atoms with Crippen molar-refractivity contribution in [1.82, 2.24) is 9.78 Å². The van der Waals surface area contributed by atoms with E-state index in [1.165, 1.54) is 43.2 Å². The number of methoxy groups -OCH3 is 1. The maximum atomic E-state index is 13.7. The van der Waals surface area contributed by atoms with Crippen molar-refractivity contribution in [3.63, 3.8) is 0 Å². The van der Waals surface area contributed by atoms with Gasteiger partial charge in [0.15, 0.2) is 17.4 Å². The quantitative estimate of drug-likeness (QED) is 0.622. The van der Waals surface area contributed by atoms with Gasteiger partial charge in [-0.2, -0.15) is 5.10 Å². The van der Waals surface area contributed by atoms with E-state index in [1.807, 2.05) is 0 Å². The number of ether oxygens (including phenoxy) is 1. The summed E-state index contributed by atoms with van der Waals surface area (Å²) in [6.07, 6.45) is 2.84. The third-order valence-electron chi connectivity index (χ3n) is 2.98. The van der Waals surface area contributed by atoms with Gasteiger partial charge < -0.3 is 4.74 Å². The lowest BCUT2D eigenvalue weighted by atomic mass is 10.2. The molecule has 116 valence electrons. The lowest BCUT2D eigenvalue weighted by molar-refractivity contribution is 0.101. The highest BCUT2D eigenvalue weighted by atomic mass is 35.5. The molecule has 0 saturated heterocycles. The number of carbonyl (C=O) groups is 1. The Morgan fingerprint density at radius 2 is 2.18 bits per heavy atom. The van der Waals surface area contributed by atoms with Gasteiger partial charge in [0, 0.05) is 18.1 Å². The van der Waals surface area contributed by atoms with E-state index in [4.69, 9.17) is 16.3 Å². The molecule has 2 rings (SSSR count). The largest absolute Gasteiger partial charge is 0.504 e. The van der Waals surface area contributed by atoms with Crippen molar-refractivity contribution in [3.8, 4) is 0 Å². The van der Waals surface area contributed by atoms with Crippen molar-refractivity contribution in [1.29, 1.82) is 0 Å². The zero-order valence-corrected chi connectivity index (χ0v) is 12.7. The number of hydrogen-bond acceptors (Lipinski definition) is 3. The van der Waals surface area contributed by atoms with Crippen LogP contribution in [-0.2, 0) is 11.3 Å². The molecule has 0 aliphatic carbocycles. The standard InChI is InChI=1S/C15H13ClF2N2O2/c1-9(21)14-11(6-7-22-2)15(16)20(19-14)8-10-4-3-5-12(17)13(10)18/h3-7H,8H2,1-2H3. The number of carbonyl (C=O) groups excluding carboxylic acids is 1. The van der Waals surface area contributed by atoms with Gasteiger partial charge in [-0.15, -0.1) is 0 Å². The van der Waals surface area contributed by atoms with Crippen LogP contribution in [0, 0.1) is 11.6 Å². The van der Waals surface area contributed by atoms with Crippen LogP contribution in [0.4, 0.5) is 8.78 Å². The van der Waals surface area contributed by atoms with Crippen molar-refractivity contribution >= 4 is 23.5 Å². The second kappa shape index (κ2) is 6.70. The Hall–Kier alpha value is -2.21. The van der Waals surface area contributed by atoms with Crippen molar-refractivity contribution in [2.24, 2.45) is 0 Å². The molecule has 1 aromatic carbocycles. The minimum absolute atomic E-state index is 0.0850. The normalized spacial score (nSPS) is 11.1. The van der Waals surface area contributed by atoms with Crippen LogP contribution in [0.15, 0.2) is 24.5 Å². The van der Waals surface area contributed by atoms with Crippen LogP contribution < -0.4 is 0 Å². The highest BCUT2D eigenvalue weighted by Gasteiger charge is 2.19. The first kappa shape index (κ1) is 16.2. The molecule has 0 radical (unpaired) electrons. The summed E-state index contributed by atoms with van der Waals surface area (Å²) in [4.78, 5) is 11.6. The van der Waals surface area contributed by atoms with Gasteiger partial charge >= 0.3 is 0 Å². The molecule has 0 bridgehead atoms. The first-order valence-electron chi connectivity index (χ1n) is 6.35. The van der Waals surface area contributed by atoms with Gasteiger partial charge in [0.2, 0.25) is 0 Å². The summed E-state index contributed by atoms with van der Waals surface area (Å²) in [5.74, 6) is -2.21. The van der Waals surface area contributed by atoms with Gasteiger partial charge in [0.1, 0.15) is 10.8 Å². The minimum atomic E-state index is -0.965. The molecule has 0 amide bonds. The van der Waals surface area contributed by atoms with Gasteiger partial charge in [-0.25, -0.2) is 13.5 Å². The molecule has 1 heterocycles. The predicted octanol–water partition coefficient (Wildman–Crippen LogP) is 3.68. The van der Waals surface area contributed by atoms with Gasteiger partial charge in [-0.1, -0.05) is 23.7 Å². The highest BCUT2D eigenvalue weighted by Crippen LogP contribution is 2.24. The van der Waals surface area contributed by atoms with Crippen LogP contribution in [0.2, 0.25) is 5.15 Å². The molecule has 0 atom stereocenters. The van der Waals surface area contributed by atoms with E-state index < -0.39 is 11.6 Å². The molecule has 0 N–H and O–H groups in total. The number of hydrogen-bond donors (Lipinski definition) is 0. The second-order valence-corrected chi connectivity index (χ2v) is 4.88. The zero-order chi connectivity index (χ0) is 16.3. The molecule has 22 heavy (non-hydrogen) atoms. The van der Waals surface area contributed by atoms with Crippen LogP contribution in [-0.4, -0.2) is 22.7 Å². The zero-order valence-electron chi connectivity index (χ0n) is 11.9. The lowest BCUT2D eigenvalue weighted by Gasteiger charge is -2.05. The summed E-state index contributed by atoms with van der Waals surface area (Å²) in [6, 6.07) is 3.84. The summed E-state index contributed by atoms with van der Waals surface area (Å²) < 4.78 is 33.0. The Bertz CT molecular complexity index is 741. The van der Waals surface area contributed by atoms with Crippen LogP contribution in [0.25, 0.3) is 6.08 Å². The summed E-state index contributed by atoms with van der Waals surface area (Å²) in [7, 11) is 1.45. The van der Waals surface area contributed by atoms with Crippen LogP contribution in [0.5, 0.6) is 0 Å². The summed E-state index contributed by atoms with van der Waals surface area (Å²) in [5.41, 5.74) is 0.588. The molecule has 4 nitrogen and oxygen atoms in total. The van der Waals surface area contributed by atoms with E-state index in [9.17, 15) is 13.6 Å². The number of rotatable bonds is 5. The first-order valence-corrected chi connectivity index (χ1v) is 6.73. The minimum Gasteiger partial charge on any atom is -0.504 e. The SMILES string of the molecule is COC=Cc1c(C(C)=O)nn(Cc2cccc(F)c2F)c1Cl. The third-order valence-corrected chi connectivity index (χ3v) is 3.38. The molecule has 0 aliphatic heterocycles. The number of Topliss-reactive ketones (excluding diaryl/α,β-unsaturated/α-hetero) is 1. The van der Waals surface area contributed by atoms with Crippen molar-refractivity contribution in [3.05, 3.63) is 58.1 Å². The molecular formula is C15H13ClF2N2O2. The first-order chi connectivity index (χ1) is 10.5. The fraction of sp³-hybridized carbons (Fsp3) is 0.200. The van der Waals surface area contributed by atoms with E-state index in [0.717, 1.165) is 6.07 Å². The molecule has 0 aliphatic rings. The Morgan fingerprint density at radius 3 is 2.82 bits per heavy atom. The Morgan fingerprint density at radius 1 is 1.45 bits per heavy atom. The molecule has 1 aromatic heterocycles. The predicted molar refractivity (Wildman–Crippen MR) is 78.7 cm³/mol. The molecular weight excluding hydrogens is 314 g/mol. The maximum Gasteiger partial charge on any atom is 0.180 e. The van der Waals surface area contributed by atoms with Crippen LogP contribution >= 0.6 is 11.6 Å². The smallest absolute Gasteiger partial charge is 0.180 e. The number of ketones is 1. The molecule has 0 unspecified atom stereocenters. The van der Waals surface area contributed by atoms with Gasteiger partial charge in [0.25, 0.3) is 0 Å². The monoisotopic (exact) mass is 326 g/mol. The number of aromatic nitrogens is 2. The second-order valence-electron chi connectivity index (χ2n) is 4.52. The third kappa shape index (κ3) is 3.17. The average molecular weight is 327 g/mol. The van der Waals surface area contributed by atoms with Gasteiger partial charge in [-0.3, -0.25) is 4.79 Å². The maximum absolute atomic E-state index is 13.7. The fourth-order valence-corrected chi connectivity index (χ4v) is 2.19. The van der Waals surface area contributed by atoms with E-state index in [1.54, 1.807) is 0 Å². The number of nitrogens with zero attached hydrogens (tertiary/aromatic N) is 2. The molecule has 0 spiro atoms. The number of benzene rings is 1. The van der Waals surface area contributed by atoms with E-state index in [-0.39, 0.29) is 28.7 Å². The van der Waals surface area contributed by atoms with Crippen LogP contribution in [0.1, 0.15) is 28.5 Å². The van der Waals surface area contributed by atoms with Crippen molar-refractivity contribution in [2.75, 3.05) is 7.11 Å². The van der Waals surface area contributed by atoms with Gasteiger partial charge in [0.05, 0.1) is 19.9 Å². The Kier molecular flexibility index (Phi) is 4.92. The Balaban J connectivity index is 2.46. The highest BCUT2D eigenvalue weighted by molar-refractivity contribution is 6.31. The van der Waals surface area contributed by atoms with Gasteiger partial charge in [-0.05, 0) is 12.1 Å². The molecule has 0 saturated carbocycles. The topological polar surface area (TPSA) is 44.1 Å². The summed E-state index contributed by atoms with van der Waals surface area (Å²) in [6.45, 7) is 1.25. The van der Waals surface area contributed by atoms with E-state index in [0.29, 0.717) is 5.56 Å². The summed E-state index contributed by atoms with van der Waals surface area (Å²) in [5, 5.41) is 4.21. The molecule has 0 fully saturated rings. The van der Waals surface area contributed by atoms with Crippen molar-refractivity contribution < 1.29 is 18.3 Å². The molecule has 2 aromatic rings. The van der Waals surface area contributed by atoms with Crippen LogP contribution in [0.3, 0.4) is 0 Å². The van der Waals surface area contributed by atoms with E-state index >= 15 is 0 Å². The lowest BCUT2D eigenvalue weighted by Crippen LogP contribution is -2.06. The average Bonchev–Trinajstić information content (AvgIpc) is 2.79. The number of halogens is 3. The van der Waals surface area contributed by atoms with Crippen molar-refractivity contribution in [2.45, 2.75) is 13.5 Å².